The van der Waals surface area contributed by atoms with E-state index in [0.717, 1.165) is 21.7 Å². The SMILES string of the molecule is Cc1ccsc1-c1nc(-c2nnn3c2CO[C@@H](c2ccccc2Cl)C3)no1. The molecule has 9 heteroatoms. The number of hydrogen-bond acceptors (Lipinski definition) is 7. The van der Waals surface area contributed by atoms with E-state index >= 15 is 0 Å². The monoisotopic (exact) mass is 399 g/mol. The molecule has 1 aliphatic rings. The maximum Gasteiger partial charge on any atom is 0.268 e. The van der Waals surface area contributed by atoms with Crippen LogP contribution in [-0.2, 0) is 17.9 Å². The van der Waals surface area contributed by atoms with Gasteiger partial charge in [-0.25, -0.2) is 4.68 Å². The van der Waals surface area contributed by atoms with E-state index in [1.165, 1.54) is 0 Å². The van der Waals surface area contributed by atoms with E-state index in [0.29, 0.717) is 35.6 Å². The second kappa shape index (κ2) is 6.56. The van der Waals surface area contributed by atoms with Crippen molar-refractivity contribution in [1.29, 1.82) is 0 Å². The van der Waals surface area contributed by atoms with Gasteiger partial charge in [-0.2, -0.15) is 4.98 Å². The fraction of sp³-hybridized carbons (Fsp3) is 0.222. The summed E-state index contributed by atoms with van der Waals surface area (Å²) >= 11 is 7.86. The Morgan fingerprint density at radius 3 is 2.96 bits per heavy atom. The van der Waals surface area contributed by atoms with Crippen LogP contribution < -0.4 is 0 Å². The third-order valence-electron chi connectivity index (χ3n) is 4.54. The standard InChI is InChI=1S/C18H14ClN5O2S/c1-10-6-7-27-16(10)18-20-17(22-26-18)15-13-9-25-14(8-24(13)23-21-15)11-4-2-3-5-12(11)19/h2-7,14H,8-9H2,1H3/t14-/m1/s1. The van der Waals surface area contributed by atoms with Crippen LogP contribution in [-0.4, -0.2) is 25.1 Å². The average molecular weight is 400 g/mol. The van der Waals surface area contributed by atoms with Gasteiger partial charge in [-0.3, -0.25) is 0 Å². The zero-order chi connectivity index (χ0) is 18.4. The van der Waals surface area contributed by atoms with E-state index < -0.39 is 0 Å². The maximum atomic E-state index is 6.29. The highest BCUT2D eigenvalue weighted by molar-refractivity contribution is 7.13. The van der Waals surface area contributed by atoms with Crippen LogP contribution in [0.5, 0.6) is 0 Å². The first-order chi connectivity index (χ1) is 13.2. The van der Waals surface area contributed by atoms with E-state index in [-0.39, 0.29) is 6.10 Å². The van der Waals surface area contributed by atoms with Crippen molar-refractivity contribution in [2.24, 2.45) is 0 Å². The lowest BCUT2D eigenvalue weighted by Gasteiger charge is -2.24. The Morgan fingerprint density at radius 2 is 2.15 bits per heavy atom. The van der Waals surface area contributed by atoms with Crippen LogP contribution >= 0.6 is 22.9 Å². The van der Waals surface area contributed by atoms with E-state index in [2.05, 4.69) is 20.5 Å². The van der Waals surface area contributed by atoms with Gasteiger partial charge in [0.2, 0.25) is 5.82 Å². The zero-order valence-electron chi connectivity index (χ0n) is 14.3. The van der Waals surface area contributed by atoms with Crippen molar-refractivity contribution in [1.82, 2.24) is 25.1 Å². The average Bonchev–Trinajstić information content (AvgIpc) is 3.40. The second-order valence-corrected chi connectivity index (χ2v) is 7.57. The van der Waals surface area contributed by atoms with Crippen molar-refractivity contribution in [2.45, 2.75) is 26.2 Å². The third-order valence-corrected chi connectivity index (χ3v) is 5.89. The molecule has 4 aromatic rings. The number of thiophene rings is 1. The molecule has 5 rings (SSSR count). The maximum absolute atomic E-state index is 6.29. The number of hydrogen-bond donors (Lipinski definition) is 0. The van der Waals surface area contributed by atoms with Crippen molar-refractivity contribution in [2.75, 3.05) is 0 Å². The molecule has 0 amide bonds. The Kier molecular flexibility index (Phi) is 4.04. The minimum absolute atomic E-state index is 0.171. The Morgan fingerprint density at radius 1 is 1.26 bits per heavy atom. The fourth-order valence-corrected chi connectivity index (χ4v) is 4.22. The molecular formula is C18H14ClN5O2S. The molecule has 1 aliphatic heterocycles. The summed E-state index contributed by atoms with van der Waals surface area (Å²) < 4.78 is 13.3. The molecular weight excluding hydrogens is 386 g/mol. The van der Waals surface area contributed by atoms with Gasteiger partial charge in [-0.05, 0) is 30.0 Å². The molecule has 0 bridgehead atoms. The number of aryl methyl sites for hydroxylation is 1. The summed E-state index contributed by atoms with van der Waals surface area (Å²) in [5.41, 5.74) is 3.45. The summed E-state index contributed by atoms with van der Waals surface area (Å²) in [5.74, 6) is 0.906. The predicted octanol–water partition coefficient (Wildman–Crippen LogP) is 4.29. The minimum Gasteiger partial charge on any atom is -0.365 e. The van der Waals surface area contributed by atoms with Crippen LogP contribution in [0, 0.1) is 6.92 Å². The van der Waals surface area contributed by atoms with E-state index in [1.807, 2.05) is 47.3 Å². The van der Waals surface area contributed by atoms with Gasteiger partial charge < -0.3 is 9.26 Å². The van der Waals surface area contributed by atoms with E-state index in [9.17, 15) is 0 Å². The van der Waals surface area contributed by atoms with Crippen LogP contribution in [0.2, 0.25) is 5.02 Å². The van der Waals surface area contributed by atoms with Crippen molar-refractivity contribution in [3.05, 3.63) is 57.6 Å². The van der Waals surface area contributed by atoms with Gasteiger partial charge in [0.15, 0.2) is 5.69 Å². The molecule has 0 fully saturated rings. The molecule has 1 atom stereocenters. The molecule has 136 valence electrons. The number of aromatic nitrogens is 5. The molecule has 4 heterocycles. The molecule has 0 radical (unpaired) electrons. The van der Waals surface area contributed by atoms with Crippen LogP contribution in [0.15, 0.2) is 40.2 Å². The van der Waals surface area contributed by atoms with Crippen molar-refractivity contribution in [3.63, 3.8) is 0 Å². The van der Waals surface area contributed by atoms with Gasteiger partial charge in [0, 0.05) is 10.6 Å². The molecule has 7 nitrogen and oxygen atoms in total. The fourth-order valence-electron chi connectivity index (χ4n) is 3.11. The lowest BCUT2D eigenvalue weighted by molar-refractivity contribution is -0.00106. The van der Waals surface area contributed by atoms with Gasteiger partial charge in [-0.1, -0.05) is 40.2 Å². The van der Waals surface area contributed by atoms with Gasteiger partial charge in [0.25, 0.3) is 5.89 Å². The number of fused-ring (bicyclic) bond motifs is 1. The van der Waals surface area contributed by atoms with Crippen molar-refractivity contribution >= 4 is 22.9 Å². The summed E-state index contributed by atoms with van der Waals surface area (Å²) in [7, 11) is 0. The number of nitrogens with zero attached hydrogens (tertiary/aromatic N) is 5. The number of halogens is 1. The molecule has 0 saturated heterocycles. The van der Waals surface area contributed by atoms with Crippen molar-refractivity contribution in [3.8, 4) is 22.3 Å². The molecule has 27 heavy (non-hydrogen) atoms. The quantitative estimate of drug-likeness (QED) is 0.511. The highest BCUT2D eigenvalue weighted by Crippen LogP contribution is 2.34. The van der Waals surface area contributed by atoms with Gasteiger partial charge in [-0.15, -0.1) is 16.4 Å². The number of rotatable bonds is 3. The third kappa shape index (κ3) is 2.86. The highest BCUT2D eigenvalue weighted by atomic mass is 35.5. The summed E-state index contributed by atoms with van der Waals surface area (Å²) in [6, 6.07) is 9.68. The smallest absolute Gasteiger partial charge is 0.268 e. The minimum atomic E-state index is -0.171. The molecule has 0 spiro atoms. The molecule has 0 saturated carbocycles. The summed E-state index contributed by atoms with van der Waals surface area (Å²) in [6.07, 6.45) is -0.171. The predicted molar refractivity (Wildman–Crippen MR) is 100 cm³/mol. The van der Waals surface area contributed by atoms with E-state index in [1.54, 1.807) is 11.3 Å². The summed E-state index contributed by atoms with van der Waals surface area (Å²) in [5, 5.41) is 15.3. The van der Waals surface area contributed by atoms with Crippen LogP contribution in [0.25, 0.3) is 22.3 Å². The molecule has 0 unspecified atom stereocenters. The number of benzene rings is 1. The normalized spacial score (nSPS) is 16.4. The first-order valence-corrected chi connectivity index (χ1v) is 9.63. The van der Waals surface area contributed by atoms with Crippen LogP contribution in [0.4, 0.5) is 0 Å². The summed E-state index contributed by atoms with van der Waals surface area (Å²) in [4.78, 5) is 5.46. The zero-order valence-corrected chi connectivity index (χ0v) is 15.9. The Bertz CT molecular complexity index is 1120. The molecule has 1 aromatic carbocycles. The van der Waals surface area contributed by atoms with Crippen molar-refractivity contribution < 1.29 is 9.26 Å². The second-order valence-electron chi connectivity index (χ2n) is 6.24. The molecule has 0 N–H and O–H groups in total. The Balaban J connectivity index is 1.45. The van der Waals surface area contributed by atoms with Crippen LogP contribution in [0.3, 0.4) is 0 Å². The first-order valence-electron chi connectivity index (χ1n) is 8.37. The topological polar surface area (TPSA) is 78.9 Å². The number of ether oxygens (including phenoxy) is 1. The molecule has 0 aliphatic carbocycles. The lowest BCUT2D eigenvalue weighted by Crippen LogP contribution is -2.22. The largest absolute Gasteiger partial charge is 0.365 e. The first kappa shape index (κ1) is 16.6. The van der Waals surface area contributed by atoms with E-state index in [4.69, 9.17) is 20.9 Å². The van der Waals surface area contributed by atoms with Crippen LogP contribution in [0.1, 0.15) is 22.9 Å². The molecule has 3 aromatic heterocycles. The van der Waals surface area contributed by atoms with Gasteiger partial charge in [0.1, 0.15) is 6.10 Å². The highest BCUT2D eigenvalue weighted by Gasteiger charge is 2.28. The Labute approximate surface area is 163 Å². The summed E-state index contributed by atoms with van der Waals surface area (Å²) in [6.45, 7) is 2.89. The lowest BCUT2D eigenvalue weighted by atomic mass is 10.1. The Hall–Kier alpha value is -2.55. The van der Waals surface area contributed by atoms with Gasteiger partial charge >= 0.3 is 0 Å². The van der Waals surface area contributed by atoms with Gasteiger partial charge in [0.05, 0.1) is 23.7 Å².